The first-order chi connectivity index (χ1) is 9.63. The molecule has 0 spiro atoms. The largest absolute Gasteiger partial charge is 0.390 e. The van der Waals surface area contributed by atoms with Gasteiger partial charge in [0.15, 0.2) is 6.17 Å². The molecule has 0 bridgehead atoms. The van der Waals surface area contributed by atoms with E-state index in [9.17, 15) is 13.9 Å². The van der Waals surface area contributed by atoms with Crippen molar-refractivity contribution in [2.24, 2.45) is 17.8 Å². The molecule has 0 aromatic heterocycles. The van der Waals surface area contributed by atoms with Gasteiger partial charge in [-0.2, -0.15) is 0 Å². The highest BCUT2D eigenvalue weighted by molar-refractivity contribution is 4.95. The van der Waals surface area contributed by atoms with Crippen LogP contribution in [0.25, 0.3) is 0 Å². The second-order valence-electron chi connectivity index (χ2n) is 6.59. The number of unbranched alkanes of at least 4 members (excludes halogenated alkanes) is 1. The third-order valence-corrected chi connectivity index (χ3v) is 5.16. The molecule has 0 amide bonds. The molecule has 1 nitrogen and oxygen atoms in total. The first-order valence-electron chi connectivity index (χ1n) is 8.26. The molecular formula is C17H28F2O. The maximum atomic E-state index is 14.1. The van der Waals surface area contributed by atoms with E-state index in [-0.39, 0.29) is 5.92 Å². The summed E-state index contributed by atoms with van der Waals surface area (Å²) in [4.78, 5) is 0. The predicted octanol–water partition coefficient (Wildman–Crippen LogP) is 4.60. The first-order valence-corrected chi connectivity index (χ1v) is 8.26. The lowest BCUT2D eigenvalue weighted by Gasteiger charge is -2.39. The highest BCUT2D eigenvalue weighted by Gasteiger charge is 2.43. The summed E-state index contributed by atoms with van der Waals surface area (Å²) in [5, 5.41) is 9.40. The number of aliphatic hydroxyl groups excluding tert-OH is 1. The third-order valence-electron chi connectivity index (χ3n) is 5.16. The monoisotopic (exact) mass is 286 g/mol. The van der Waals surface area contributed by atoms with Crippen molar-refractivity contribution in [1.29, 1.82) is 0 Å². The molecule has 0 aromatic rings. The molecule has 0 aromatic carbocycles. The van der Waals surface area contributed by atoms with E-state index in [0.29, 0.717) is 24.7 Å². The summed E-state index contributed by atoms with van der Waals surface area (Å²) in [6, 6.07) is 0. The summed E-state index contributed by atoms with van der Waals surface area (Å²) in [5.74, 6) is 0.770. The van der Waals surface area contributed by atoms with Crippen molar-refractivity contribution in [1.82, 2.24) is 0 Å². The normalized spacial score (nSPS) is 43.0. The van der Waals surface area contributed by atoms with Crippen LogP contribution in [0.1, 0.15) is 58.3 Å². The Hall–Kier alpha value is -0.440. The molecule has 0 saturated heterocycles. The molecule has 2 aliphatic rings. The number of allylic oxidation sites excluding steroid dienone is 2. The summed E-state index contributed by atoms with van der Waals surface area (Å²) < 4.78 is 27.7. The van der Waals surface area contributed by atoms with Crippen LogP contribution in [0.5, 0.6) is 0 Å². The fourth-order valence-electron chi connectivity index (χ4n) is 3.85. The second kappa shape index (κ2) is 7.53. The number of rotatable bonds is 4. The average Bonchev–Trinajstić information content (AvgIpc) is 2.46. The lowest BCUT2D eigenvalue weighted by molar-refractivity contribution is -0.0540. The summed E-state index contributed by atoms with van der Waals surface area (Å²) in [5.41, 5.74) is 0. The Morgan fingerprint density at radius 2 is 1.70 bits per heavy atom. The first kappa shape index (κ1) is 15.9. The minimum atomic E-state index is -1.67. The Bertz CT molecular complexity index is 310. The fourth-order valence-corrected chi connectivity index (χ4v) is 3.85. The number of aliphatic hydroxyl groups is 1. The van der Waals surface area contributed by atoms with E-state index in [2.05, 4.69) is 19.1 Å². The third kappa shape index (κ3) is 3.81. The summed E-state index contributed by atoms with van der Waals surface area (Å²) >= 11 is 0. The van der Waals surface area contributed by atoms with Gasteiger partial charge < -0.3 is 5.11 Å². The molecule has 4 unspecified atom stereocenters. The molecule has 3 heteroatoms. The Morgan fingerprint density at radius 3 is 2.35 bits per heavy atom. The van der Waals surface area contributed by atoms with Gasteiger partial charge >= 0.3 is 0 Å². The Labute approximate surface area is 121 Å². The summed E-state index contributed by atoms with van der Waals surface area (Å²) in [6.45, 7) is 2.17. The highest BCUT2D eigenvalue weighted by atomic mass is 19.2. The van der Waals surface area contributed by atoms with E-state index < -0.39 is 18.4 Å². The number of hydrogen-bond donors (Lipinski definition) is 1. The average molecular weight is 286 g/mol. The molecule has 2 rings (SSSR count). The van der Waals surface area contributed by atoms with Crippen LogP contribution in [0.4, 0.5) is 8.78 Å². The van der Waals surface area contributed by atoms with Crippen molar-refractivity contribution < 1.29 is 13.9 Å². The van der Waals surface area contributed by atoms with E-state index in [1.807, 2.05) is 0 Å². The molecule has 0 heterocycles. The van der Waals surface area contributed by atoms with Gasteiger partial charge in [0.25, 0.3) is 0 Å². The molecule has 20 heavy (non-hydrogen) atoms. The van der Waals surface area contributed by atoms with Gasteiger partial charge in [-0.1, -0.05) is 25.5 Å². The lowest BCUT2D eigenvalue weighted by atomic mass is 9.69. The molecule has 116 valence electrons. The van der Waals surface area contributed by atoms with Gasteiger partial charge in [-0.3, -0.25) is 0 Å². The van der Waals surface area contributed by atoms with Crippen LogP contribution < -0.4 is 0 Å². The van der Waals surface area contributed by atoms with Crippen LogP contribution >= 0.6 is 0 Å². The quantitative estimate of drug-likeness (QED) is 0.749. The van der Waals surface area contributed by atoms with Crippen molar-refractivity contribution in [3.63, 3.8) is 0 Å². The molecule has 2 fully saturated rings. The van der Waals surface area contributed by atoms with E-state index in [1.54, 1.807) is 0 Å². The highest BCUT2D eigenvalue weighted by Crippen LogP contribution is 2.42. The van der Waals surface area contributed by atoms with Crippen LogP contribution in [-0.4, -0.2) is 23.6 Å². The Balaban J connectivity index is 1.81. The number of alkyl halides is 2. The van der Waals surface area contributed by atoms with Gasteiger partial charge in [0.1, 0.15) is 6.17 Å². The van der Waals surface area contributed by atoms with Gasteiger partial charge in [-0.25, -0.2) is 8.78 Å². The standard InChI is InChI=1S/C17H28F2O/c1-2-3-4-5-12-6-8-13(9-7-12)14-10-11-15(20)17(19)16(14)18/h4-5,12-17,20H,2-3,6-11H2,1H3/b5-4+. The van der Waals surface area contributed by atoms with Gasteiger partial charge in [-0.15, -0.1) is 0 Å². The smallest absolute Gasteiger partial charge is 0.157 e. The van der Waals surface area contributed by atoms with E-state index in [1.165, 1.54) is 6.42 Å². The predicted molar refractivity (Wildman–Crippen MR) is 78.0 cm³/mol. The molecule has 0 aliphatic heterocycles. The number of halogens is 2. The maximum Gasteiger partial charge on any atom is 0.157 e. The molecule has 2 saturated carbocycles. The van der Waals surface area contributed by atoms with Crippen LogP contribution in [0, 0.1) is 17.8 Å². The lowest BCUT2D eigenvalue weighted by Crippen LogP contribution is -2.44. The van der Waals surface area contributed by atoms with E-state index in [4.69, 9.17) is 0 Å². The molecule has 0 radical (unpaired) electrons. The zero-order chi connectivity index (χ0) is 14.5. The zero-order valence-corrected chi connectivity index (χ0v) is 12.5. The van der Waals surface area contributed by atoms with Gasteiger partial charge in [-0.05, 0) is 62.7 Å². The van der Waals surface area contributed by atoms with Crippen LogP contribution in [0.2, 0.25) is 0 Å². The summed E-state index contributed by atoms with van der Waals surface area (Å²) in [7, 11) is 0. The van der Waals surface area contributed by atoms with Gasteiger partial charge in [0.05, 0.1) is 6.10 Å². The minimum absolute atomic E-state index is 0.172. The number of hydrogen-bond acceptors (Lipinski definition) is 1. The summed E-state index contributed by atoms with van der Waals surface area (Å²) in [6.07, 6.45) is 7.96. The van der Waals surface area contributed by atoms with Crippen LogP contribution in [0.3, 0.4) is 0 Å². The van der Waals surface area contributed by atoms with E-state index in [0.717, 1.165) is 32.1 Å². The molecule has 2 aliphatic carbocycles. The van der Waals surface area contributed by atoms with Gasteiger partial charge in [0, 0.05) is 0 Å². The van der Waals surface area contributed by atoms with Crippen molar-refractivity contribution in [3.05, 3.63) is 12.2 Å². The van der Waals surface area contributed by atoms with Crippen molar-refractivity contribution >= 4 is 0 Å². The molecular weight excluding hydrogens is 258 g/mol. The van der Waals surface area contributed by atoms with Gasteiger partial charge in [0.2, 0.25) is 0 Å². The maximum absolute atomic E-state index is 14.1. The van der Waals surface area contributed by atoms with E-state index >= 15 is 0 Å². The SMILES string of the molecule is CCC/C=C/C1CCC(C2CCC(O)C(F)C2F)CC1. The van der Waals surface area contributed by atoms with Crippen LogP contribution in [-0.2, 0) is 0 Å². The van der Waals surface area contributed by atoms with Crippen LogP contribution in [0.15, 0.2) is 12.2 Å². The second-order valence-corrected chi connectivity index (χ2v) is 6.59. The zero-order valence-electron chi connectivity index (χ0n) is 12.5. The van der Waals surface area contributed by atoms with Crippen molar-refractivity contribution in [2.75, 3.05) is 0 Å². The molecule has 1 N–H and O–H groups in total. The van der Waals surface area contributed by atoms with Crippen molar-refractivity contribution in [3.8, 4) is 0 Å². The topological polar surface area (TPSA) is 20.2 Å². The minimum Gasteiger partial charge on any atom is -0.390 e. The fraction of sp³-hybridized carbons (Fsp3) is 0.882. The molecule has 4 atom stereocenters. The Kier molecular flexibility index (Phi) is 6.01. The van der Waals surface area contributed by atoms with Crippen molar-refractivity contribution in [2.45, 2.75) is 76.7 Å². The Morgan fingerprint density at radius 1 is 1.00 bits per heavy atom.